The minimum atomic E-state index is 0.650. The van der Waals surface area contributed by atoms with E-state index in [1.807, 2.05) is 0 Å². The first-order valence-electron chi connectivity index (χ1n) is 2.20. The predicted octanol–water partition coefficient (Wildman–Crippen LogP) is 3.91. The fourth-order valence-corrected chi connectivity index (χ4v) is 4.09. The molecule has 0 aromatic carbocycles. The van der Waals surface area contributed by atoms with E-state index in [0.717, 1.165) is 12.0 Å². The van der Waals surface area contributed by atoms with Gasteiger partial charge in [-0.15, -0.1) is 11.3 Å². The number of rotatable bonds is 0. The molecule has 0 amide bonds. The van der Waals surface area contributed by atoms with E-state index in [2.05, 4.69) is 53.9 Å². The normalized spacial score (nSPS) is 9.40. The molecular weight excluding hydrogens is 346 g/mol. The summed E-state index contributed by atoms with van der Waals surface area (Å²) in [6.45, 7) is 0. The molecule has 52 valence electrons. The molecule has 1 heterocycles. The standard InChI is InChI=1S/C5Br3NS/c6-3-2(1-9)4(7)10-5(3)8. The van der Waals surface area contributed by atoms with Crippen LogP contribution >= 0.6 is 59.1 Å². The fraction of sp³-hybridized carbons (Fsp3) is 0. The van der Waals surface area contributed by atoms with Gasteiger partial charge in [0, 0.05) is 0 Å². The number of nitriles is 1. The summed E-state index contributed by atoms with van der Waals surface area (Å²) in [5.74, 6) is 0. The van der Waals surface area contributed by atoms with Crippen molar-refractivity contribution in [1.82, 2.24) is 0 Å². The van der Waals surface area contributed by atoms with Crippen LogP contribution in [0.1, 0.15) is 5.56 Å². The summed E-state index contributed by atoms with van der Waals surface area (Å²) in [6.07, 6.45) is 0. The van der Waals surface area contributed by atoms with Crippen LogP contribution in [0.15, 0.2) is 12.0 Å². The first kappa shape index (κ1) is 8.72. The van der Waals surface area contributed by atoms with Crippen molar-refractivity contribution in [1.29, 1.82) is 5.26 Å². The monoisotopic (exact) mass is 343 g/mol. The molecule has 1 aromatic heterocycles. The van der Waals surface area contributed by atoms with Crippen molar-refractivity contribution in [3.63, 3.8) is 0 Å². The first-order valence-corrected chi connectivity index (χ1v) is 5.39. The summed E-state index contributed by atoms with van der Waals surface area (Å²) in [4.78, 5) is 0. The fourth-order valence-electron chi connectivity index (χ4n) is 0.452. The lowest BCUT2D eigenvalue weighted by Gasteiger charge is -1.81. The van der Waals surface area contributed by atoms with Crippen LogP contribution in [0.3, 0.4) is 0 Å². The van der Waals surface area contributed by atoms with E-state index >= 15 is 0 Å². The molecule has 0 radical (unpaired) electrons. The molecule has 0 bridgehead atoms. The van der Waals surface area contributed by atoms with E-state index in [-0.39, 0.29) is 0 Å². The Morgan fingerprint density at radius 2 is 1.80 bits per heavy atom. The van der Waals surface area contributed by atoms with Gasteiger partial charge in [0.25, 0.3) is 0 Å². The molecule has 0 N–H and O–H groups in total. The number of halogens is 3. The third kappa shape index (κ3) is 1.45. The van der Waals surface area contributed by atoms with Gasteiger partial charge in [-0.1, -0.05) is 0 Å². The molecule has 0 aliphatic rings. The lowest BCUT2D eigenvalue weighted by molar-refractivity contribution is 1.49. The van der Waals surface area contributed by atoms with Crippen molar-refractivity contribution >= 4 is 59.1 Å². The second-order valence-corrected chi connectivity index (χ2v) is 5.90. The smallest absolute Gasteiger partial charge is 0.102 e. The van der Waals surface area contributed by atoms with Crippen LogP contribution in [0, 0.1) is 11.3 Å². The molecule has 1 rings (SSSR count). The zero-order valence-corrected chi connectivity index (χ0v) is 10.1. The molecule has 0 fully saturated rings. The molecule has 0 saturated carbocycles. The summed E-state index contributed by atoms with van der Waals surface area (Å²) < 4.78 is 2.62. The van der Waals surface area contributed by atoms with Crippen molar-refractivity contribution in [3.05, 3.63) is 17.6 Å². The van der Waals surface area contributed by atoms with Gasteiger partial charge in [-0.25, -0.2) is 0 Å². The van der Waals surface area contributed by atoms with Gasteiger partial charge in [0.1, 0.15) is 6.07 Å². The molecule has 1 nitrogen and oxygen atoms in total. The van der Waals surface area contributed by atoms with E-state index in [4.69, 9.17) is 5.26 Å². The van der Waals surface area contributed by atoms with Crippen molar-refractivity contribution in [2.24, 2.45) is 0 Å². The maximum absolute atomic E-state index is 8.59. The van der Waals surface area contributed by atoms with Gasteiger partial charge in [-0.3, -0.25) is 0 Å². The zero-order valence-electron chi connectivity index (χ0n) is 4.49. The van der Waals surface area contributed by atoms with Crippen molar-refractivity contribution in [3.8, 4) is 6.07 Å². The van der Waals surface area contributed by atoms with Crippen LogP contribution in [0.5, 0.6) is 0 Å². The van der Waals surface area contributed by atoms with Gasteiger partial charge in [0.05, 0.1) is 17.6 Å². The average molecular weight is 346 g/mol. The van der Waals surface area contributed by atoms with Crippen molar-refractivity contribution < 1.29 is 0 Å². The zero-order chi connectivity index (χ0) is 7.72. The molecule has 0 unspecified atom stereocenters. The van der Waals surface area contributed by atoms with Crippen LogP contribution in [0.2, 0.25) is 0 Å². The third-order valence-corrected chi connectivity index (χ3v) is 5.00. The van der Waals surface area contributed by atoms with Gasteiger partial charge in [0.2, 0.25) is 0 Å². The third-order valence-electron chi connectivity index (χ3n) is 0.880. The van der Waals surface area contributed by atoms with Crippen molar-refractivity contribution in [2.75, 3.05) is 0 Å². The molecule has 1 aromatic rings. The minimum Gasteiger partial charge on any atom is -0.192 e. The molecule has 0 spiro atoms. The van der Waals surface area contributed by atoms with Gasteiger partial charge in [0.15, 0.2) is 0 Å². The van der Waals surface area contributed by atoms with E-state index in [1.165, 1.54) is 11.3 Å². The molecule has 0 aliphatic carbocycles. The second-order valence-electron chi connectivity index (χ2n) is 1.45. The number of thiophene rings is 1. The SMILES string of the molecule is N#Cc1c(Br)sc(Br)c1Br. The summed E-state index contributed by atoms with van der Waals surface area (Å²) in [7, 11) is 0. The molecule has 0 atom stereocenters. The molecule has 0 saturated heterocycles. The Labute approximate surface area is 87.4 Å². The minimum absolute atomic E-state index is 0.650. The highest BCUT2D eigenvalue weighted by Crippen LogP contribution is 2.39. The maximum Gasteiger partial charge on any atom is 0.102 e. The lowest BCUT2D eigenvalue weighted by Crippen LogP contribution is -1.66. The highest BCUT2D eigenvalue weighted by Gasteiger charge is 2.11. The summed E-state index contributed by atoms with van der Waals surface area (Å²) >= 11 is 11.3. The molecule has 0 aliphatic heterocycles. The quantitative estimate of drug-likeness (QED) is 0.699. The highest BCUT2D eigenvalue weighted by molar-refractivity contribution is 9.14. The number of nitrogens with zero attached hydrogens (tertiary/aromatic N) is 1. The summed E-state index contributed by atoms with van der Waals surface area (Å²) in [5, 5.41) is 8.59. The average Bonchev–Trinajstić information content (AvgIpc) is 2.09. The van der Waals surface area contributed by atoms with Crippen LogP contribution in [-0.2, 0) is 0 Å². The first-order chi connectivity index (χ1) is 4.66. The second kappa shape index (κ2) is 3.35. The van der Waals surface area contributed by atoms with Gasteiger partial charge < -0.3 is 0 Å². The Balaban J connectivity index is 3.37. The highest BCUT2D eigenvalue weighted by atomic mass is 79.9. The van der Waals surface area contributed by atoms with E-state index in [0.29, 0.717) is 5.56 Å². The Kier molecular flexibility index (Phi) is 2.92. The molecule has 5 heteroatoms. The van der Waals surface area contributed by atoms with Gasteiger partial charge in [-0.05, 0) is 47.8 Å². The maximum atomic E-state index is 8.59. The van der Waals surface area contributed by atoms with Crippen LogP contribution < -0.4 is 0 Å². The van der Waals surface area contributed by atoms with E-state index in [1.54, 1.807) is 0 Å². The van der Waals surface area contributed by atoms with Crippen molar-refractivity contribution in [2.45, 2.75) is 0 Å². The lowest BCUT2D eigenvalue weighted by atomic mass is 10.4. The molecule has 10 heavy (non-hydrogen) atoms. The Morgan fingerprint density at radius 3 is 2.00 bits per heavy atom. The van der Waals surface area contributed by atoms with Gasteiger partial charge in [-0.2, -0.15) is 5.26 Å². The Bertz CT molecular complexity index is 299. The topological polar surface area (TPSA) is 23.8 Å². The van der Waals surface area contributed by atoms with Crippen LogP contribution in [0.4, 0.5) is 0 Å². The molecular formula is C5Br3NS. The summed E-state index contributed by atoms with van der Waals surface area (Å²) in [6, 6.07) is 2.07. The van der Waals surface area contributed by atoms with E-state index < -0.39 is 0 Å². The largest absolute Gasteiger partial charge is 0.192 e. The number of hydrogen-bond donors (Lipinski definition) is 0. The summed E-state index contributed by atoms with van der Waals surface area (Å²) in [5.41, 5.74) is 0.650. The number of hydrogen-bond acceptors (Lipinski definition) is 2. The predicted molar refractivity (Wildman–Crippen MR) is 52.1 cm³/mol. The van der Waals surface area contributed by atoms with Gasteiger partial charge >= 0.3 is 0 Å². The van der Waals surface area contributed by atoms with Crippen LogP contribution in [0.25, 0.3) is 0 Å². The van der Waals surface area contributed by atoms with Crippen LogP contribution in [-0.4, -0.2) is 0 Å². The van der Waals surface area contributed by atoms with E-state index in [9.17, 15) is 0 Å². The Hall–Kier alpha value is 0.630. The Morgan fingerprint density at radius 1 is 1.20 bits per heavy atom.